The number of benzene rings is 5. The van der Waals surface area contributed by atoms with Crippen LogP contribution in [0.1, 0.15) is 112 Å². The van der Waals surface area contributed by atoms with E-state index in [-0.39, 0.29) is 42.2 Å². The Labute approximate surface area is 666 Å². The SMILES string of the molecule is C=CCOC(=O)NC1(C)CC(OC2C(Oc3c4cc5cc3Oc3ccc(cc3Cl)[C@@H](O)[C@@H](NC(=O)[C@@H](CC(C)C)N(C)C(=O)OCC=C)C(=O)N[C@@H](CC(N)=O)C(=O)NC5C(=O)NC(C(=O)NC)c3ccc(O)c(c3)-c3c(O)cc(O)cc3[C@@H](C(=O)O)NC(=O)C(C)[C@H](O)c3ccc(c(Cl)c3)O4)OC(CO)C(O)C2O)OC(C)C1O. The number of aliphatic hydroxyl groups is 6. The molecule has 0 aromatic heterocycles. The minimum absolute atomic E-state index is 0.0884. The van der Waals surface area contributed by atoms with Crippen LogP contribution in [0.25, 0.3) is 11.1 Å². The number of carboxylic acid groups (broad SMARTS) is 1. The number of alkyl carbamates (subject to hydrolysis) is 1. The van der Waals surface area contributed by atoms with Gasteiger partial charge in [-0.15, -0.1) is 0 Å². The standard InChI is InChI=1S/C76H89Cl2N9O28/c1-10-18-108-74(106)86-76(7)29-53(110-33(6)65(76)97)114-64-62(96)61(95)51(30-88)113-73(64)115-63-49-24-37-25-50(63)112-48-17-14-36(23-42(48)78)60(94)58(85-68(100)44(20-31(3)4)87(9)75(107)109-19-11-2)71(103)81-43(28-52(79)92)67(99)82-56(37)70(102)83-55(69(101)80-8)34-12-15-45(90)39(21-34)54-40(26-38(89)27-46(54)91)57(72(104)105)84-66(98)32(5)59(93)35-13-16-47(111-49)41(77)22-35/h10-17,21-27,31-33,43-44,51,53,55-62,64-65,73,88-91,93-97H,1-2,18-20,28-30H2,3-9H3,(H2,79,92)(H,80,101)(H,81,103)(H,82,99)(H,83,102)(H,84,98)(H,85,100)(H,86,106)(H,104,105)/t32?,33?,43-,44+,51?,53?,55?,56?,57-,58+,59-,60+,61?,62?,64?,65?,73?,76?/m0/s1. The summed E-state index contributed by atoms with van der Waals surface area (Å²) in [6.07, 6.45) is -19.6. The largest absolute Gasteiger partial charge is 0.508 e. The number of nitrogens with one attached hydrogen (secondary N) is 7. The fourth-order valence-electron chi connectivity index (χ4n) is 13.3. The van der Waals surface area contributed by atoms with Crippen molar-refractivity contribution in [3.63, 3.8) is 0 Å². The highest BCUT2D eigenvalue weighted by molar-refractivity contribution is 6.32. The number of hydrogen-bond donors (Lipinski definition) is 18. The van der Waals surface area contributed by atoms with Crippen LogP contribution in [-0.4, -0.2) is 222 Å². The van der Waals surface area contributed by atoms with Crippen molar-refractivity contribution < 1.29 is 137 Å². The molecule has 11 rings (SSSR count). The number of phenolic OH excluding ortho intramolecular Hbond substituents is 3. The average Bonchev–Trinajstić information content (AvgIpc) is 0.774. The van der Waals surface area contributed by atoms with E-state index in [0.29, 0.717) is 0 Å². The maximum absolute atomic E-state index is 16.1. The lowest BCUT2D eigenvalue weighted by molar-refractivity contribution is -0.334. The van der Waals surface area contributed by atoms with Crippen molar-refractivity contribution >= 4 is 82.7 Å². The van der Waals surface area contributed by atoms with E-state index in [4.69, 9.17) is 66.8 Å². The number of fused-ring (bicyclic) bond motifs is 16. The van der Waals surface area contributed by atoms with Crippen molar-refractivity contribution in [2.24, 2.45) is 17.6 Å². The lowest BCUT2D eigenvalue weighted by atomic mass is 9.85. The van der Waals surface area contributed by atoms with Crippen molar-refractivity contribution in [2.45, 2.75) is 157 Å². The number of nitrogens with two attached hydrogens (primary N) is 1. The monoisotopic (exact) mass is 1650 g/mol. The van der Waals surface area contributed by atoms with Gasteiger partial charge in [0.25, 0.3) is 0 Å². The number of phenols is 3. The van der Waals surface area contributed by atoms with Crippen molar-refractivity contribution in [3.05, 3.63) is 142 Å². The van der Waals surface area contributed by atoms with Crippen LogP contribution in [0.15, 0.2) is 104 Å². The molecule has 37 nitrogen and oxygen atoms in total. The molecule has 2 fully saturated rings. The van der Waals surface area contributed by atoms with Gasteiger partial charge in [-0.05, 0) is 103 Å². The number of ether oxygens (including phenoxy) is 8. The summed E-state index contributed by atoms with van der Waals surface area (Å²) in [7, 11) is 2.35. The Hall–Kier alpha value is -11.1. The zero-order valence-electron chi connectivity index (χ0n) is 62.8. The Kier molecular flexibility index (Phi) is 28.6. The van der Waals surface area contributed by atoms with Gasteiger partial charge in [0.2, 0.25) is 53.4 Å². The summed E-state index contributed by atoms with van der Waals surface area (Å²) in [4.78, 5) is 144. The second kappa shape index (κ2) is 37.5. The van der Waals surface area contributed by atoms with E-state index in [0.717, 1.165) is 84.7 Å². The number of hydrogen-bond acceptors (Lipinski definition) is 27. The first-order chi connectivity index (χ1) is 54.3. The lowest BCUT2D eigenvalue weighted by Crippen LogP contribution is -2.66. The third kappa shape index (κ3) is 20.2. The Morgan fingerprint density at radius 2 is 1.34 bits per heavy atom. The summed E-state index contributed by atoms with van der Waals surface area (Å²) < 4.78 is 49.1. The number of nitrogens with zero attached hydrogens (tertiary/aromatic N) is 1. The number of halogens is 2. The number of rotatable bonds is 19. The average molecular weight is 1650 g/mol. The highest BCUT2D eigenvalue weighted by Gasteiger charge is 2.53. The number of likely N-dealkylation sites (N-methyl/N-ethyl adjacent to an activating group) is 2. The molecule has 0 spiro atoms. The molecule has 620 valence electrons. The minimum atomic E-state index is -2.39. The molecule has 5 aromatic rings. The molecule has 0 aliphatic carbocycles. The van der Waals surface area contributed by atoms with Crippen LogP contribution in [0.2, 0.25) is 10.0 Å². The van der Waals surface area contributed by atoms with E-state index in [1.165, 1.54) is 46.0 Å². The summed E-state index contributed by atoms with van der Waals surface area (Å²) in [5.74, 6) is -18.2. The van der Waals surface area contributed by atoms with E-state index in [9.17, 15) is 84.6 Å². The number of carboxylic acids is 1. The second-order valence-electron chi connectivity index (χ2n) is 28.2. The van der Waals surface area contributed by atoms with Crippen LogP contribution in [0.3, 0.4) is 0 Å². The number of aliphatic hydroxyl groups excluding tert-OH is 6. The number of carbonyl (C=O) groups is 10. The van der Waals surface area contributed by atoms with Crippen LogP contribution >= 0.6 is 23.2 Å². The van der Waals surface area contributed by atoms with Crippen molar-refractivity contribution in [1.29, 1.82) is 0 Å². The summed E-state index contributed by atoms with van der Waals surface area (Å²) in [5.41, 5.74) is 1.17. The van der Waals surface area contributed by atoms with Gasteiger partial charge in [0.1, 0.15) is 103 Å². The van der Waals surface area contributed by atoms with Gasteiger partial charge in [0, 0.05) is 43.3 Å². The number of aliphatic carboxylic acids is 1. The van der Waals surface area contributed by atoms with Gasteiger partial charge >= 0.3 is 18.2 Å². The molecule has 18 atom stereocenters. The van der Waals surface area contributed by atoms with Crippen LogP contribution in [0.5, 0.6) is 46.0 Å². The van der Waals surface area contributed by atoms with Gasteiger partial charge in [-0.2, -0.15) is 0 Å². The smallest absolute Gasteiger partial charge is 0.410 e. The van der Waals surface area contributed by atoms with Crippen molar-refractivity contribution in [2.75, 3.05) is 33.9 Å². The first kappa shape index (κ1) is 87.9. The van der Waals surface area contributed by atoms with Crippen LogP contribution in [0.4, 0.5) is 9.59 Å². The van der Waals surface area contributed by atoms with E-state index in [1.54, 1.807) is 13.8 Å². The third-order valence-corrected chi connectivity index (χ3v) is 20.0. The predicted octanol–water partition coefficient (Wildman–Crippen LogP) is 2.98. The van der Waals surface area contributed by atoms with Crippen LogP contribution in [0, 0.1) is 11.8 Å². The van der Waals surface area contributed by atoms with E-state index < -0.39 is 266 Å². The van der Waals surface area contributed by atoms with Crippen molar-refractivity contribution in [3.8, 4) is 57.1 Å². The number of carbonyl (C=O) groups excluding carboxylic acids is 9. The Balaban J connectivity index is 1.33. The van der Waals surface area contributed by atoms with Gasteiger partial charge in [-0.1, -0.05) is 87.5 Å². The van der Waals surface area contributed by atoms with Gasteiger partial charge in [0.05, 0.1) is 46.7 Å². The Morgan fingerprint density at radius 3 is 1.92 bits per heavy atom. The van der Waals surface area contributed by atoms with Gasteiger partial charge < -0.3 is 132 Å². The quantitative estimate of drug-likeness (QED) is 0.0528. The molecule has 6 aliphatic rings. The molecular formula is C76H89Cl2N9O28. The molecule has 0 saturated carbocycles. The Morgan fingerprint density at radius 1 is 0.730 bits per heavy atom. The number of primary amides is 1. The molecule has 5 aromatic carbocycles. The molecule has 115 heavy (non-hydrogen) atoms. The van der Waals surface area contributed by atoms with Crippen LogP contribution < -0.4 is 57.2 Å². The van der Waals surface area contributed by atoms with Gasteiger partial charge in [0.15, 0.2) is 29.9 Å². The normalized spacial score (nSPS) is 26.6. The molecule has 39 heteroatoms. The third-order valence-electron chi connectivity index (χ3n) is 19.4. The molecule has 0 radical (unpaired) electrons. The fourth-order valence-corrected chi connectivity index (χ4v) is 13.8. The summed E-state index contributed by atoms with van der Waals surface area (Å²) in [6, 6.07) is 0.707. The number of aromatic hydroxyl groups is 3. The molecule has 12 unspecified atom stereocenters. The number of amides is 9. The molecule has 9 amide bonds. The Bertz CT molecular complexity index is 4560. The topological polar surface area (TPSA) is 560 Å². The first-order valence-electron chi connectivity index (χ1n) is 35.8. The first-order valence-corrected chi connectivity index (χ1v) is 36.5. The molecule has 6 aliphatic heterocycles. The summed E-state index contributed by atoms with van der Waals surface area (Å²) >= 11 is 14.2. The van der Waals surface area contributed by atoms with Crippen molar-refractivity contribution in [1.82, 2.24) is 42.1 Å². The highest BCUT2D eigenvalue weighted by atomic mass is 35.5. The zero-order chi connectivity index (χ0) is 84.5. The molecule has 6 heterocycles. The molecule has 19 N–H and O–H groups in total. The van der Waals surface area contributed by atoms with Gasteiger partial charge in [-0.3, -0.25) is 38.5 Å². The highest BCUT2D eigenvalue weighted by Crippen LogP contribution is 2.50. The summed E-state index contributed by atoms with van der Waals surface area (Å²) in [5, 5.41) is 132. The predicted molar refractivity (Wildman–Crippen MR) is 401 cm³/mol. The minimum Gasteiger partial charge on any atom is -0.508 e. The molecule has 9 bridgehead atoms. The maximum atomic E-state index is 16.1. The zero-order valence-corrected chi connectivity index (χ0v) is 64.3. The van der Waals surface area contributed by atoms with E-state index in [2.05, 4.69) is 50.4 Å². The van der Waals surface area contributed by atoms with Crippen LogP contribution in [-0.2, 0) is 62.0 Å². The maximum Gasteiger partial charge on any atom is 0.410 e. The van der Waals surface area contributed by atoms with Gasteiger partial charge in [-0.25, -0.2) is 14.4 Å². The molecule has 2 saturated heterocycles. The molecular weight excluding hydrogens is 1560 g/mol. The van der Waals surface area contributed by atoms with E-state index in [1.807, 2.05) is 0 Å². The van der Waals surface area contributed by atoms with E-state index >= 15 is 14.4 Å². The summed E-state index contributed by atoms with van der Waals surface area (Å²) in [6.45, 7) is 12.9. The lowest BCUT2D eigenvalue weighted by Gasteiger charge is -2.48. The fraction of sp³-hybridized carbons (Fsp3) is 0.421. The second-order valence-corrected chi connectivity index (χ2v) is 29.0.